The van der Waals surface area contributed by atoms with Crippen molar-refractivity contribution in [2.24, 2.45) is 0 Å². The van der Waals surface area contributed by atoms with E-state index in [1.807, 2.05) is 6.33 Å². The maximum Gasteiger partial charge on any atom is 0.180 e. The van der Waals surface area contributed by atoms with Gasteiger partial charge in [0.2, 0.25) is 0 Å². The first-order valence-electron chi connectivity index (χ1n) is 8.03. The summed E-state index contributed by atoms with van der Waals surface area (Å²) < 4.78 is 4.65. The molecule has 1 aromatic carbocycles. The van der Waals surface area contributed by atoms with Gasteiger partial charge in [-0.25, -0.2) is 0 Å². The number of quaternary nitrogens is 1. The normalized spacial score (nSPS) is 14.1. The zero-order chi connectivity index (χ0) is 15.1. The summed E-state index contributed by atoms with van der Waals surface area (Å²) >= 11 is 0. The van der Waals surface area contributed by atoms with Crippen molar-refractivity contribution in [1.82, 2.24) is 19.3 Å². The molecule has 0 fully saturated rings. The fraction of sp³-hybridized carbons (Fsp3) is 0.412. The molecule has 0 bridgehead atoms. The Kier molecular flexibility index (Phi) is 3.22. The van der Waals surface area contributed by atoms with Gasteiger partial charge < -0.3 is 14.0 Å². The summed E-state index contributed by atoms with van der Waals surface area (Å²) in [6.45, 7) is 3.11. The van der Waals surface area contributed by atoms with Gasteiger partial charge in [-0.05, 0) is 24.5 Å². The molecule has 0 amide bonds. The molecular weight excluding hydrogens is 274 g/mol. The number of nitrogens with one attached hydrogen (secondary N) is 1. The number of hydrogen-bond acceptors (Lipinski definition) is 2. The molecule has 1 aliphatic heterocycles. The van der Waals surface area contributed by atoms with Crippen LogP contribution in [-0.2, 0) is 19.5 Å². The lowest BCUT2D eigenvalue weighted by Crippen LogP contribution is -3.06. The van der Waals surface area contributed by atoms with E-state index in [4.69, 9.17) is 0 Å². The molecule has 114 valence electrons. The number of nitrogens with zero attached hydrogens (tertiary/aromatic N) is 4. The average Bonchev–Trinajstić information content (AvgIpc) is 3.04. The van der Waals surface area contributed by atoms with Crippen molar-refractivity contribution >= 4 is 10.9 Å². The quantitative estimate of drug-likeness (QED) is 0.783. The highest BCUT2D eigenvalue weighted by atomic mass is 15.3. The molecule has 3 heterocycles. The summed E-state index contributed by atoms with van der Waals surface area (Å²) in [7, 11) is 4.40. The van der Waals surface area contributed by atoms with E-state index in [-0.39, 0.29) is 0 Å². The zero-order valence-electron chi connectivity index (χ0n) is 13.2. The number of aryl methyl sites for hydroxylation is 2. The van der Waals surface area contributed by atoms with Crippen molar-refractivity contribution in [2.45, 2.75) is 25.9 Å². The molecule has 0 radical (unpaired) electrons. The van der Waals surface area contributed by atoms with Crippen LogP contribution < -0.4 is 4.90 Å². The summed E-state index contributed by atoms with van der Waals surface area (Å²) in [5.74, 6) is 1.03. The summed E-state index contributed by atoms with van der Waals surface area (Å²) in [6.07, 6.45) is 4.12. The first kappa shape index (κ1) is 13.5. The van der Waals surface area contributed by atoms with Gasteiger partial charge in [0.1, 0.15) is 6.33 Å². The fourth-order valence-corrected chi connectivity index (χ4v) is 3.48. The summed E-state index contributed by atoms with van der Waals surface area (Å²) in [5.41, 5.74) is 4.04. The molecule has 0 atom stereocenters. The molecular formula is C17H22N5+. The molecule has 1 aliphatic rings. The maximum absolute atomic E-state index is 4.43. The lowest BCUT2D eigenvalue weighted by Gasteiger charge is -2.13. The van der Waals surface area contributed by atoms with Crippen LogP contribution in [-0.4, -0.2) is 40.0 Å². The Morgan fingerprint density at radius 1 is 1.23 bits per heavy atom. The third-order valence-corrected chi connectivity index (χ3v) is 4.56. The maximum atomic E-state index is 4.43. The van der Waals surface area contributed by atoms with Crippen molar-refractivity contribution < 1.29 is 4.90 Å². The smallest absolute Gasteiger partial charge is 0.180 e. The number of hydrogen-bond donors (Lipinski definition) is 1. The van der Waals surface area contributed by atoms with Gasteiger partial charge in [0.05, 0.1) is 32.9 Å². The standard InChI is InChI=1S/C17H21N5/c1-20(2)10-11-22-15-8-4-3-6-13(15)14-7-5-9-21-12-18-19-17(21)16(14)22/h3-4,6,8,12H,5,7,9-11H2,1-2H3/p+1. The van der Waals surface area contributed by atoms with Crippen molar-refractivity contribution in [3.63, 3.8) is 0 Å². The van der Waals surface area contributed by atoms with E-state index in [2.05, 4.69) is 57.7 Å². The Morgan fingerprint density at radius 2 is 2.09 bits per heavy atom. The van der Waals surface area contributed by atoms with Gasteiger partial charge in [-0.15, -0.1) is 10.2 Å². The van der Waals surface area contributed by atoms with Crippen LogP contribution in [0.25, 0.3) is 22.4 Å². The number of rotatable bonds is 3. The second-order valence-electron chi connectivity index (χ2n) is 6.40. The first-order valence-corrected chi connectivity index (χ1v) is 8.03. The number of para-hydroxylation sites is 1. The number of likely N-dealkylation sites (N-methyl/N-ethyl adjacent to an activating group) is 1. The Labute approximate surface area is 130 Å². The third kappa shape index (κ3) is 2.04. The van der Waals surface area contributed by atoms with Crippen LogP contribution in [0.5, 0.6) is 0 Å². The van der Waals surface area contributed by atoms with Crippen LogP contribution >= 0.6 is 0 Å². The van der Waals surface area contributed by atoms with Crippen molar-refractivity contribution in [1.29, 1.82) is 0 Å². The van der Waals surface area contributed by atoms with E-state index in [0.29, 0.717) is 0 Å². The predicted octanol–water partition coefficient (Wildman–Crippen LogP) is 0.990. The minimum absolute atomic E-state index is 1.00. The van der Waals surface area contributed by atoms with Gasteiger partial charge in [0.25, 0.3) is 0 Å². The SMILES string of the molecule is C[NH+](C)CCn1c2c(c3ccccc31)CCCn1cnnc1-2. The molecule has 0 aliphatic carbocycles. The van der Waals surface area contributed by atoms with Gasteiger partial charge >= 0.3 is 0 Å². The van der Waals surface area contributed by atoms with E-state index >= 15 is 0 Å². The van der Waals surface area contributed by atoms with Crippen LogP contribution in [0.1, 0.15) is 12.0 Å². The second kappa shape index (κ2) is 5.25. The van der Waals surface area contributed by atoms with E-state index in [0.717, 1.165) is 38.3 Å². The Hall–Kier alpha value is -2.14. The lowest BCUT2D eigenvalue weighted by molar-refractivity contribution is -0.858. The Morgan fingerprint density at radius 3 is 2.95 bits per heavy atom. The molecule has 4 rings (SSSR count). The van der Waals surface area contributed by atoms with Gasteiger partial charge in [-0.2, -0.15) is 0 Å². The molecule has 1 N–H and O–H groups in total. The van der Waals surface area contributed by atoms with E-state index in [1.54, 1.807) is 0 Å². The molecule has 5 heteroatoms. The molecule has 0 saturated heterocycles. The molecule has 22 heavy (non-hydrogen) atoms. The summed E-state index contributed by atoms with van der Waals surface area (Å²) in [5, 5.41) is 9.95. The molecule has 5 nitrogen and oxygen atoms in total. The van der Waals surface area contributed by atoms with Crippen LogP contribution in [0.2, 0.25) is 0 Å². The number of benzene rings is 1. The molecule has 0 unspecified atom stereocenters. The van der Waals surface area contributed by atoms with Crippen molar-refractivity contribution in [3.05, 3.63) is 36.2 Å². The molecule has 3 aromatic rings. The first-order chi connectivity index (χ1) is 10.8. The second-order valence-corrected chi connectivity index (χ2v) is 6.40. The molecule has 2 aromatic heterocycles. The van der Waals surface area contributed by atoms with Crippen LogP contribution in [0.4, 0.5) is 0 Å². The van der Waals surface area contributed by atoms with Crippen LogP contribution in [0.3, 0.4) is 0 Å². The topological polar surface area (TPSA) is 40.1 Å². The highest BCUT2D eigenvalue weighted by Gasteiger charge is 2.24. The van der Waals surface area contributed by atoms with E-state index in [1.165, 1.54) is 27.1 Å². The minimum atomic E-state index is 1.00. The predicted molar refractivity (Wildman–Crippen MR) is 87.0 cm³/mol. The van der Waals surface area contributed by atoms with Gasteiger partial charge in [-0.3, -0.25) is 0 Å². The van der Waals surface area contributed by atoms with Gasteiger partial charge in [-0.1, -0.05) is 18.2 Å². The highest BCUT2D eigenvalue weighted by Crippen LogP contribution is 2.35. The fourth-order valence-electron chi connectivity index (χ4n) is 3.48. The average molecular weight is 296 g/mol. The third-order valence-electron chi connectivity index (χ3n) is 4.56. The summed E-state index contributed by atoms with van der Waals surface area (Å²) in [4.78, 5) is 1.46. The van der Waals surface area contributed by atoms with E-state index < -0.39 is 0 Å². The van der Waals surface area contributed by atoms with Crippen molar-refractivity contribution in [2.75, 3.05) is 20.6 Å². The highest BCUT2D eigenvalue weighted by molar-refractivity contribution is 5.91. The molecule has 0 saturated carbocycles. The zero-order valence-corrected chi connectivity index (χ0v) is 13.2. The molecule has 0 spiro atoms. The number of aromatic nitrogens is 4. The lowest BCUT2D eigenvalue weighted by atomic mass is 10.1. The van der Waals surface area contributed by atoms with Crippen LogP contribution in [0.15, 0.2) is 30.6 Å². The largest absolute Gasteiger partial charge is 0.338 e. The van der Waals surface area contributed by atoms with Gasteiger partial charge in [0.15, 0.2) is 5.82 Å². The minimum Gasteiger partial charge on any atom is -0.338 e. The summed E-state index contributed by atoms with van der Waals surface area (Å²) in [6, 6.07) is 8.75. The van der Waals surface area contributed by atoms with Crippen LogP contribution in [0, 0.1) is 0 Å². The van der Waals surface area contributed by atoms with Crippen molar-refractivity contribution in [3.8, 4) is 11.5 Å². The van der Waals surface area contributed by atoms with E-state index in [9.17, 15) is 0 Å². The monoisotopic (exact) mass is 296 g/mol. The number of fused-ring (bicyclic) bond motifs is 5. The Bertz CT molecular complexity index is 812. The van der Waals surface area contributed by atoms with Gasteiger partial charge in [0, 0.05) is 17.4 Å². The Balaban J connectivity index is 1.98.